The van der Waals surface area contributed by atoms with Gasteiger partial charge in [-0.15, -0.1) is 6.58 Å². The van der Waals surface area contributed by atoms with E-state index in [9.17, 15) is 21.6 Å². The minimum Gasteiger partial charge on any atom is -0.261 e. The Hall–Kier alpha value is -1.99. The predicted molar refractivity (Wildman–Crippen MR) is 92.4 cm³/mol. The second-order valence-electron chi connectivity index (χ2n) is 5.30. The first-order valence-corrected chi connectivity index (χ1v) is 8.96. The molecule has 0 unspecified atom stereocenters. The molecule has 0 aliphatic rings. The molecular weight excluding hydrogens is 375 g/mol. The Kier molecular flexibility index (Phi) is 5.49. The van der Waals surface area contributed by atoms with E-state index in [4.69, 9.17) is 11.6 Å². The van der Waals surface area contributed by atoms with Crippen molar-refractivity contribution in [3.05, 3.63) is 71.3 Å². The maximum atomic E-state index is 13.0. The smallest absolute Gasteiger partial charge is 0.261 e. The van der Waals surface area contributed by atoms with Gasteiger partial charge >= 0.3 is 6.18 Å². The predicted octanol–water partition coefficient (Wildman–Crippen LogP) is 5.05. The molecule has 2 rings (SSSR count). The van der Waals surface area contributed by atoms with E-state index in [0.717, 1.165) is 28.1 Å². The van der Waals surface area contributed by atoms with Crippen LogP contribution in [0.25, 0.3) is 0 Å². The fourth-order valence-electron chi connectivity index (χ4n) is 2.16. The van der Waals surface area contributed by atoms with Gasteiger partial charge in [0.1, 0.15) is 0 Å². The molecule has 134 valence electrons. The number of halogens is 4. The first-order valence-electron chi connectivity index (χ1n) is 7.14. The largest absolute Gasteiger partial charge is 0.416 e. The van der Waals surface area contributed by atoms with Crippen LogP contribution in [0, 0.1) is 6.92 Å². The van der Waals surface area contributed by atoms with Gasteiger partial charge in [-0.25, -0.2) is 8.42 Å². The molecule has 8 heteroatoms. The molecule has 0 heterocycles. The number of rotatable bonds is 5. The van der Waals surface area contributed by atoms with E-state index >= 15 is 0 Å². The van der Waals surface area contributed by atoms with Crippen LogP contribution in [0.4, 0.5) is 18.9 Å². The SMILES string of the molecule is C=CCN(c1cc(C(F)(F)F)ccc1Cl)S(=O)(=O)c1ccc(C)cc1. The molecule has 0 atom stereocenters. The molecule has 0 amide bonds. The van der Waals surface area contributed by atoms with Crippen LogP contribution in [0.3, 0.4) is 0 Å². The number of hydrogen-bond donors (Lipinski definition) is 0. The van der Waals surface area contributed by atoms with Crippen molar-refractivity contribution in [2.75, 3.05) is 10.8 Å². The summed E-state index contributed by atoms with van der Waals surface area (Å²) in [5.41, 5.74) is -0.386. The van der Waals surface area contributed by atoms with Crippen LogP contribution in [-0.2, 0) is 16.2 Å². The number of hydrogen-bond acceptors (Lipinski definition) is 2. The second kappa shape index (κ2) is 7.09. The van der Waals surface area contributed by atoms with Gasteiger partial charge in [0.25, 0.3) is 10.0 Å². The maximum Gasteiger partial charge on any atom is 0.416 e. The maximum absolute atomic E-state index is 13.0. The van der Waals surface area contributed by atoms with E-state index in [0.29, 0.717) is 0 Å². The molecule has 0 aliphatic heterocycles. The lowest BCUT2D eigenvalue weighted by molar-refractivity contribution is -0.137. The number of alkyl halides is 3. The summed E-state index contributed by atoms with van der Waals surface area (Å²) in [6, 6.07) is 8.54. The third kappa shape index (κ3) is 4.16. The van der Waals surface area contributed by atoms with Gasteiger partial charge in [-0.05, 0) is 37.3 Å². The van der Waals surface area contributed by atoms with E-state index in [-0.39, 0.29) is 22.2 Å². The van der Waals surface area contributed by atoms with E-state index < -0.39 is 21.8 Å². The molecule has 2 aromatic carbocycles. The summed E-state index contributed by atoms with van der Waals surface area (Å²) in [6.07, 6.45) is -3.34. The standard InChI is InChI=1S/C17H15ClF3NO2S/c1-3-10-22(25(23,24)14-7-4-12(2)5-8-14)16-11-13(17(19,20)21)6-9-15(16)18/h3-9,11H,1,10H2,2H3. The fourth-order valence-corrected chi connectivity index (χ4v) is 3.88. The number of anilines is 1. The van der Waals surface area contributed by atoms with Gasteiger partial charge in [0, 0.05) is 0 Å². The molecule has 0 radical (unpaired) electrons. The van der Waals surface area contributed by atoms with Crippen molar-refractivity contribution < 1.29 is 21.6 Å². The highest BCUT2D eigenvalue weighted by Gasteiger charge is 2.33. The van der Waals surface area contributed by atoms with Gasteiger partial charge in [-0.1, -0.05) is 35.4 Å². The molecule has 0 spiro atoms. The van der Waals surface area contributed by atoms with Crippen LogP contribution in [0.2, 0.25) is 5.02 Å². The molecule has 2 aromatic rings. The topological polar surface area (TPSA) is 37.4 Å². The zero-order chi connectivity index (χ0) is 18.8. The van der Waals surface area contributed by atoms with Gasteiger partial charge in [0.05, 0.1) is 27.7 Å². The molecule has 0 saturated heterocycles. The van der Waals surface area contributed by atoms with Crippen molar-refractivity contribution in [1.29, 1.82) is 0 Å². The van der Waals surface area contributed by atoms with Crippen molar-refractivity contribution in [3.8, 4) is 0 Å². The summed E-state index contributed by atoms with van der Waals surface area (Å²) in [6.45, 7) is 5.04. The summed E-state index contributed by atoms with van der Waals surface area (Å²) in [5, 5.41) is -0.106. The number of nitrogens with zero attached hydrogens (tertiary/aromatic N) is 1. The monoisotopic (exact) mass is 389 g/mol. The number of benzene rings is 2. The number of sulfonamides is 1. The Morgan fingerprint density at radius 3 is 2.28 bits per heavy atom. The Morgan fingerprint density at radius 2 is 1.76 bits per heavy atom. The molecule has 0 bridgehead atoms. The van der Waals surface area contributed by atoms with Crippen LogP contribution in [0.1, 0.15) is 11.1 Å². The minimum atomic E-state index is -4.62. The molecule has 0 fully saturated rings. The summed E-state index contributed by atoms with van der Waals surface area (Å²) < 4.78 is 65.5. The number of aryl methyl sites for hydroxylation is 1. The van der Waals surface area contributed by atoms with Crippen LogP contribution < -0.4 is 4.31 Å². The zero-order valence-electron chi connectivity index (χ0n) is 13.2. The molecule has 0 aromatic heterocycles. The van der Waals surface area contributed by atoms with E-state index in [1.807, 2.05) is 0 Å². The van der Waals surface area contributed by atoms with Crippen molar-refractivity contribution in [2.45, 2.75) is 18.0 Å². The van der Waals surface area contributed by atoms with Crippen LogP contribution in [-0.4, -0.2) is 15.0 Å². The third-order valence-electron chi connectivity index (χ3n) is 3.45. The van der Waals surface area contributed by atoms with E-state index in [2.05, 4.69) is 6.58 Å². The molecule has 0 N–H and O–H groups in total. The Labute approximate surface area is 149 Å². The van der Waals surface area contributed by atoms with Crippen molar-refractivity contribution >= 4 is 27.3 Å². The summed E-state index contributed by atoms with van der Waals surface area (Å²) in [4.78, 5) is -0.0478. The van der Waals surface area contributed by atoms with Gasteiger partial charge in [-0.2, -0.15) is 13.2 Å². The first kappa shape index (κ1) is 19.3. The van der Waals surface area contributed by atoms with Crippen molar-refractivity contribution in [2.24, 2.45) is 0 Å². The molecule has 0 aliphatic carbocycles. The van der Waals surface area contributed by atoms with Crippen LogP contribution in [0.5, 0.6) is 0 Å². The fraction of sp³-hybridized carbons (Fsp3) is 0.176. The lowest BCUT2D eigenvalue weighted by atomic mass is 10.2. The van der Waals surface area contributed by atoms with E-state index in [1.54, 1.807) is 19.1 Å². The highest BCUT2D eigenvalue weighted by Crippen LogP contribution is 2.37. The van der Waals surface area contributed by atoms with Gasteiger partial charge in [0.2, 0.25) is 0 Å². The quantitative estimate of drug-likeness (QED) is 0.671. The molecule has 0 saturated carbocycles. The third-order valence-corrected chi connectivity index (χ3v) is 5.56. The van der Waals surface area contributed by atoms with Gasteiger partial charge < -0.3 is 0 Å². The summed E-state index contributed by atoms with van der Waals surface area (Å²) in [7, 11) is -4.11. The lowest BCUT2D eigenvalue weighted by Gasteiger charge is -2.25. The molecule has 25 heavy (non-hydrogen) atoms. The average Bonchev–Trinajstić information content (AvgIpc) is 2.52. The average molecular weight is 390 g/mol. The normalized spacial score (nSPS) is 12.0. The highest BCUT2D eigenvalue weighted by atomic mass is 35.5. The van der Waals surface area contributed by atoms with Gasteiger partial charge in [0.15, 0.2) is 0 Å². The molecular formula is C17H15ClF3NO2S. The Balaban J connectivity index is 2.62. The minimum absolute atomic E-state index is 0.0478. The van der Waals surface area contributed by atoms with Crippen molar-refractivity contribution in [1.82, 2.24) is 0 Å². The zero-order valence-corrected chi connectivity index (χ0v) is 14.8. The Morgan fingerprint density at radius 1 is 1.16 bits per heavy atom. The molecule has 3 nitrogen and oxygen atoms in total. The Bertz CT molecular complexity index is 878. The highest BCUT2D eigenvalue weighted by molar-refractivity contribution is 7.92. The second-order valence-corrected chi connectivity index (χ2v) is 7.57. The van der Waals surface area contributed by atoms with Crippen LogP contribution >= 0.6 is 11.6 Å². The van der Waals surface area contributed by atoms with Crippen molar-refractivity contribution in [3.63, 3.8) is 0 Å². The summed E-state index contributed by atoms with van der Waals surface area (Å²) in [5.74, 6) is 0. The lowest BCUT2D eigenvalue weighted by Crippen LogP contribution is -2.31. The van der Waals surface area contributed by atoms with E-state index in [1.165, 1.54) is 18.2 Å². The van der Waals surface area contributed by atoms with Gasteiger partial charge in [-0.3, -0.25) is 4.31 Å². The first-order chi connectivity index (χ1) is 11.6. The van der Waals surface area contributed by atoms with Crippen LogP contribution in [0.15, 0.2) is 60.0 Å². The summed E-state index contributed by atoms with van der Waals surface area (Å²) >= 11 is 5.99.